The van der Waals surface area contributed by atoms with Gasteiger partial charge < -0.3 is 19.7 Å². The van der Waals surface area contributed by atoms with Gasteiger partial charge >= 0.3 is 0 Å². The number of nitrogens with zero attached hydrogens (tertiary/aromatic N) is 1. The van der Waals surface area contributed by atoms with Gasteiger partial charge in [-0.2, -0.15) is 0 Å². The number of hydrogen-bond donors (Lipinski definition) is 1. The number of carbonyl (C=O) groups excluding carboxylic acids is 2. The fraction of sp³-hybridized carbons (Fsp3) is 0.167. The molecule has 1 heterocycles. The fourth-order valence-corrected chi connectivity index (χ4v) is 3.22. The van der Waals surface area contributed by atoms with Gasteiger partial charge in [-0.25, -0.2) is 0 Å². The highest BCUT2D eigenvalue weighted by atomic mass is 16.5. The van der Waals surface area contributed by atoms with Crippen LogP contribution in [-0.4, -0.2) is 25.0 Å². The molecule has 0 bridgehead atoms. The zero-order chi connectivity index (χ0) is 20.8. The Morgan fingerprint density at radius 1 is 1.00 bits per heavy atom. The van der Waals surface area contributed by atoms with E-state index in [0.717, 1.165) is 11.3 Å². The lowest BCUT2D eigenvalue weighted by Crippen LogP contribution is -2.38. The highest BCUT2D eigenvalue weighted by molar-refractivity contribution is 5.99. The molecule has 1 N–H and O–H groups in total. The third-order valence-corrected chi connectivity index (χ3v) is 4.71. The van der Waals surface area contributed by atoms with Gasteiger partial charge in [-0.3, -0.25) is 9.59 Å². The fourth-order valence-electron chi connectivity index (χ4n) is 3.22. The Bertz CT molecular complexity index is 1020. The molecule has 152 valence electrons. The van der Waals surface area contributed by atoms with Crippen molar-refractivity contribution in [3.05, 3.63) is 84.4 Å². The summed E-state index contributed by atoms with van der Waals surface area (Å²) in [6, 6.07) is 24.5. The first-order valence-electron chi connectivity index (χ1n) is 9.78. The Balaban J connectivity index is 1.38. The maximum absolute atomic E-state index is 12.4. The first-order chi connectivity index (χ1) is 14.7. The molecule has 6 nitrogen and oxygen atoms in total. The molecule has 4 rings (SSSR count). The Morgan fingerprint density at radius 2 is 1.73 bits per heavy atom. The molecule has 0 unspecified atom stereocenters. The minimum absolute atomic E-state index is 0.0256. The molecule has 0 saturated heterocycles. The minimum Gasteiger partial charge on any atom is -0.493 e. The van der Waals surface area contributed by atoms with E-state index in [1.54, 1.807) is 23.1 Å². The molecule has 0 atom stereocenters. The van der Waals surface area contributed by atoms with Gasteiger partial charge in [0.15, 0.2) is 6.61 Å². The number of hydrogen-bond acceptors (Lipinski definition) is 4. The molecule has 0 spiro atoms. The molecular formula is C24H22N2O4. The monoisotopic (exact) mass is 402 g/mol. The van der Waals surface area contributed by atoms with Crippen molar-refractivity contribution >= 4 is 23.2 Å². The van der Waals surface area contributed by atoms with E-state index in [1.165, 1.54) is 0 Å². The van der Waals surface area contributed by atoms with Gasteiger partial charge in [-0.1, -0.05) is 48.5 Å². The smallest absolute Gasteiger partial charge is 0.265 e. The number of nitrogens with one attached hydrogen (secondary N) is 1. The largest absolute Gasteiger partial charge is 0.493 e. The molecule has 3 aromatic carbocycles. The second kappa shape index (κ2) is 9.13. The SMILES string of the molecule is O=C(CCOc1ccccc1)Nc1ccc2c(c1)OCC(=O)N2Cc1ccccc1. The van der Waals surface area contributed by atoms with Gasteiger partial charge in [0.1, 0.15) is 11.5 Å². The number of fused-ring (bicyclic) bond motifs is 1. The third kappa shape index (κ3) is 4.78. The van der Waals surface area contributed by atoms with Crippen molar-refractivity contribution in [3.63, 3.8) is 0 Å². The maximum atomic E-state index is 12.4. The minimum atomic E-state index is -0.154. The van der Waals surface area contributed by atoms with E-state index in [0.29, 0.717) is 23.7 Å². The zero-order valence-corrected chi connectivity index (χ0v) is 16.4. The van der Waals surface area contributed by atoms with Crippen LogP contribution in [0.4, 0.5) is 11.4 Å². The molecule has 0 radical (unpaired) electrons. The van der Waals surface area contributed by atoms with Gasteiger partial charge in [0.25, 0.3) is 5.91 Å². The van der Waals surface area contributed by atoms with E-state index >= 15 is 0 Å². The molecule has 1 aliphatic heterocycles. The van der Waals surface area contributed by atoms with Crippen LogP contribution >= 0.6 is 0 Å². The van der Waals surface area contributed by atoms with Crippen molar-refractivity contribution in [2.45, 2.75) is 13.0 Å². The highest BCUT2D eigenvalue weighted by Gasteiger charge is 2.26. The number of carbonyl (C=O) groups is 2. The van der Waals surface area contributed by atoms with Gasteiger partial charge in [-0.15, -0.1) is 0 Å². The summed E-state index contributed by atoms with van der Waals surface area (Å²) in [6.07, 6.45) is 0.228. The summed E-state index contributed by atoms with van der Waals surface area (Å²) in [5.41, 5.74) is 2.35. The van der Waals surface area contributed by atoms with Crippen molar-refractivity contribution < 1.29 is 19.1 Å². The van der Waals surface area contributed by atoms with Crippen LogP contribution in [0.2, 0.25) is 0 Å². The molecule has 3 aromatic rings. The first kappa shape index (κ1) is 19.5. The van der Waals surface area contributed by atoms with E-state index in [9.17, 15) is 9.59 Å². The summed E-state index contributed by atoms with van der Waals surface area (Å²) in [5.74, 6) is 1.06. The summed E-state index contributed by atoms with van der Waals surface area (Å²) in [7, 11) is 0. The summed E-state index contributed by atoms with van der Waals surface area (Å²) >= 11 is 0. The standard InChI is InChI=1S/C24H22N2O4/c27-23(13-14-29-20-9-5-2-6-10-20)25-19-11-12-21-22(15-19)30-17-24(28)26(21)16-18-7-3-1-4-8-18/h1-12,15H,13-14,16-17H2,(H,25,27). The zero-order valence-electron chi connectivity index (χ0n) is 16.4. The number of para-hydroxylation sites is 1. The van der Waals surface area contributed by atoms with E-state index in [2.05, 4.69) is 5.32 Å². The predicted octanol–water partition coefficient (Wildman–Crippen LogP) is 4.02. The molecule has 0 aliphatic carbocycles. The summed E-state index contributed by atoms with van der Waals surface area (Å²) in [4.78, 5) is 26.3. The van der Waals surface area contributed by atoms with E-state index in [1.807, 2.05) is 60.7 Å². The second-order valence-corrected chi connectivity index (χ2v) is 6.90. The van der Waals surface area contributed by atoms with E-state index in [4.69, 9.17) is 9.47 Å². The highest BCUT2D eigenvalue weighted by Crippen LogP contribution is 2.35. The molecule has 2 amide bonds. The van der Waals surface area contributed by atoms with Crippen molar-refractivity contribution in [2.24, 2.45) is 0 Å². The van der Waals surface area contributed by atoms with Crippen molar-refractivity contribution in [1.29, 1.82) is 0 Å². The van der Waals surface area contributed by atoms with Crippen LogP contribution in [-0.2, 0) is 16.1 Å². The normalized spacial score (nSPS) is 12.7. The molecular weight excluding hydrogens is 380 g/mol. The van der Waals surface area contributed by atoms with Crippen LogP contribution in [0.1, 0.15) is 12.0 Å². The molecule has 30 heavy (non-hydrogen) atoms. The molecule has 0 aromatic heterocycles. The van der Waals surface area contributed by atoms with Crippen LogP contribution in [0.5, 0.6) is 11.5 Å². The number of ether oxygens (including phenoxy) is 2. The maximum Gasteiger partial charge on any atom is 0.265 e. The Hall–Kier alpha value is -3.80. The number of benzene rings is 3. The van der Waals surface area contributed by atoms with Crippen molar-refractivity contribution in [1.82, 2.24) is 0 Å². The average molecular weight is 402 g/mol. The van der Waals surface area contributed by atoms with Crippen molar-refractivity contribution in [2.75, 3.05) is 23.4 Å². The van der Waals surface area contributed by atoms with Gasteiger partial charge in [0, 0.05) is 11.8 Å². The Kier molecular flexibility index (Phi) is 5.94. The second-order valence-electron chi connectivity index (χ2n) is 6.90. The quantitative estimate of drug-likeness (QED) is 0.648. The summed E-state index contributed by atoms with van der Waals surface area (Å²) < 4.78 is 11.2. The summed E-state index contributed by atoms with van der Waals surface area (Å²) in [5, 5.41) is 2.85. The average Bonchev–Trinajstić information content (AvgIpc) is 2.77. The van der Waals surface area contributed by atoms with Gasteiger partial charge in [0.2, 0.25) is 5.91 Å². The lowest BCUT2D eigenvalue weighted by atomic mass is 10.1. The van der Waals surface area contributed by atoms with Gasteiger partial charge in [0.05, 0.1) is 25.3 Å². The topological polar surface area (TPSA) is 67.9 Å². The van der Waals surface area contributed by atoms with Crippen LogP contribution in [0.3, 0.4) is 0 Å². The number of anilines is 2. The van der Waals surface area contributed by atoms with Crippen LogP contribution < -0.4 is 19.7 Å². The molecule has 0 saturated carbocycles. The van der Waals surface area contributed by atoms with Crippen molar-refractivity contribution in [3.8, 4) is 11.5 Å². The van der Waals surface area contributed by atoms with E-state index < -0.39 is 0 Å². The lowest BCUT2D eigenvalue weighted by molar-refractivity contribution is -0.121. The lowest BCUT2D eigenvalue weighted by Gasteiger charge is -2.29. The molecule has 1 aliphatic rings. The Morgan fingerprint density at radius 3 is 2.50 bits per heavy atom. The van der Waals surface area contributed by atoms with Gasteiger partial charge in [-0.05, 0) is 29.8 Å². The van der Waals surface area contributed by atoms with Crippen LogP contribution in [0.15, 0.2) is 78.9 Å². The van der Waals surface area contributed by atoms with E-state index in [-0.39, 0.29) is 31.4 Å². The van der Waals surface area contributed by atoms with Crippen LogP contribution in [0, 0.1) is 0 Å². The number of rotatable bonds is 7. The molecule has 0 fully saturated rings. The van der Waals surface area contributed by atoms with Crippen LogP contribution in [0.25, 0.3) is 0 Å². The number of amides is 2. The predicted molar refractivity (Wildman–Crippen MR) is 115 cm³/mol. The summed E-state index contributed by atoms with van der Waals surface area (Å²) in [6.45, 7) is 0.733. The Labute approximate surface area is 175 Å². The molecule has 6 heteroatoms. The third-order valence-electron chi connectivity index (χ3n) is 4.71. The first-order valence-corrected chi connectivity index (χ1v) is 9.78.